The number of unbranched alkanes of at least 4 members (excludes halogenated alkanes) is 2. The molecular formula is C30H42N2O6. The Labute approximate surface area is 225 Å². The third-order valence-corrected chi connectivity index (χ3v) is 6.93. The minimum atomic E-state index is -0.429. The number of benzene rings is 1. The van der Waals surface area contributed by atoms with Crippen molar-refractivity contribution in [1.82, 2.24) is 4.98 Å². The maximum absolute atomic E-state index is 11.9. The molecule has 1 heterocycles. The molecule has 1 aliphatic carbocycles. The van der Waals surface area contributed by atoms with Gasteiger partial charge in [-0.25, -0.2) is 4.98 Å². The Balaban J connectivity index is 1.85. The van der Waals surface area contributed by atoms with Crippen molar-refractivity contribution in [3.63, 3.8) is 0 Å². The quantitative estimate of drug-likeness (QED) is 0.223. The number of rotatable bonds is 14. The van der Waals surface area contributed by atoms with Crippen molar-refractivity contribution in [2.75, 3.05) is 5.73 Å². The Kier molecular flexibility index (Phi) is 11.2. The molecule has 2 unspecified atom stereocenters. The van der Waals surface area contributed by atoms with Gasteiger partial charge in [-0.15, -0.1) is 0 Å². The van der Waals surface area contributed by atoms with Crippen LogP contribution in [0.2, 0.25) is 0 Å². The average Bonchev–Trinajstić information content (AvgIpc) is 3.36. The van der Waals surface area contributed by atoms with Gasteiger partial charge in [-0.05, 0) is 92.3 Å². The molecule has 3 rings (SSSR count). The number of ether oxygens (including phenoxy) is 3. The first-order valence-electron chi connectivity index (χ1n) is 13.8. The maximum Gasteiger partial charge on any atom is 0.302 e. The van der Waals surface area contributed by atoms with Crippen molar-refractivity contribution in [2.24, 2.45) is 0 Å². The Morgan fingerprint density at radius 2 is 1.74 bits per heavy atom. The molecule has 8 heteroatoms. The summed E-state index contributed by atoms with van der Waals surface area (Å²) in [4.78, 5) is 27.8. The fourth-order valence-corrected chi connectivity index (χ4v) is 5.13. The van der Waals surface area contributed by atoms with Gasteiger partial charge in [0.2, 0.25) is 0 Å². The molecule has 1 fully saturated rings. The number of phenols is 1. The van der Waals surface area contributed by atoms with Gasteiger partial charge >= 0.3 is 11.9 Å². The lowest BCUT2D eigenvalue weighted by atomic mass is 9.93. The number of pyridine rings is 1. The van der Waals surface area contributed by atoms with E-state index in [0.717, 1.165) is 68.1 Å². The second kappa shape index (κ2) is 14.6. The number of hydrogen-bond acceptors (Lipinski definition) is 8. The van der Waals surface area contributed by atoms with Crippen molar-refractivity contribution in [1.29, 1.82) is 0 Å². The van der Waals surface area contributed by atoms with E-state index in [2.05, 4.69) is 11.9 Å². The summed E-state index contributed by atoms with van der Waals surface area (Å²) in [5.74, 6) is 0.210. The molecule has 208 valence electrons. The zero-order chi connectivity index (χ0) is 27.5. The van der Waals surface area contributed by atoms with Crippen LogP contribution in [0.3, 0.4) is 0 Å². The molecule has 0 bridgehead atoms. The van der Waals surface area contributed by atoms with Gasteiger partial charge < -0.3 is 25.1 Å². The molecule has 1 aromatic carbocycles. The van der Waals surface area contributed by atoms with E-state index in [9.17, 15) is 14.7 Å². The lowest BCUT2D eigenvalue weighted by Gasteiger charge is -2.24. The molecule has 1 aromatic heterocycles. The number of carbonyl (C=O) groups is 2. The standard InChI is InChI=1S/C30H42N2O6/c1-4-5-6-11-25(36-20(2)33)18-26(37-21(3)34)13-12-22-16-29(38-24-9-7-8-10-24)28(35)19-27(22)23-14-15-32-30(31)17-23/h14-17,19,24-26,35H,4-13,18H2,1-3H3,(H2,31,32). The second-order valence-corrected chi connectivity index (χ2v) is 10.2. The van der Waals surface area contributed by atoms with Gasteiger partial charge in [-0.3, -0.25) is 9.59 Å². The minimum absolute atomic E-state index is 0.0772. The first-order chi connectivity index (χ1) is 18.2. The van der Waals surface area contributed by atoms with E-state index in [0.29, 0.717) is 30.8 Å². The van der Waals surface area contributed by atoms with E-state index in [4.69, 9.17) is 19.9 Å². The number of aromatic hydroxyl groups is 1. The number of nitrogen functional groups attached to an aromatic ring is 1. The Hall–Kier alpha value is -3.29. The molecule has 0 saturated heterocycles. The number of aryl methyl sites for hydroxylation is 1. The molecule has 38 heavy (non-hydrogen) atoms. The molecule has 1 aliphatic rings. The molecule has 2 atom stereocenters. The smallest absolute Gasteiger partial charge is 0.302 e. The highest BCUT2D eigenvalue weighted by atomic mass is 16.6. The lowest BCUT2D eigenvalue weighted by molar-refractivity contribution is -0.153. The zero-order valence-corrected chi connectivity index (χ0v) is 22.9. The van der Waals surface area contributed by atoms with Crippen molar-refractivity contribution in [2.45, 2.75) is 110 Å². The molecular weight excluding hydrogens is 484 g/mol. The number of phenolic OH excluding ortho intramolecular Hbond substituents is 1. The van der Waals surface area contributed by atoms with Crippen LogP contribution in [0.1, 0.15) is 90.5 Å². The highest BCUT2D eigenvalue weighted by molar-refractivity contribution is 5.72. The summed E-state index contributed by atoms with van der Waals surface area (Å²) in [6.45, 7) is 4.92. The Bertz CT molecular complexity index is 1070. The van der Waals surface area contributed by atoms with E-state index in [1.54, 1.807) is 18.3 Å². The van der Waals surface area contributed by atoms with E-state index in [1.165, 1.54) is 13.8 Å². The van der Waals surface area contributed by atoms with Crippen molar-refractivity contribution < 1.29 is 28.9 Å². The summed E-state index contributed by atoms with van der Waals surface area (Å²) in [7, 11) is 0. The monoisotopic (exact) mass is 526 g/mol. The van der Waals surface area contributed by atoms with E-state index >= 15 is 0 Å². The van der Waals surface area contributed by atoms with Crippen LogP contribution in [0, 0.1) is 0 Å². The average molecular weight is 527 g/mol. The van der Waals surface area contributed by atoms with E-state index in [-0.39, 0.29) is 29.9 Å². The van der Waals surface area contributed by atoms with Gasteiger partial charge in [0, 0.05) is 26.5 Å². The molecule has 0 spiro atoms. The van der Waals surface area contributed by atoms with Crippen molar-refractivity contribution in [3.8, 4) is 22.6 Å². The van der Waals surface area contributed by atoms with Crippen LogP contribution in [0.4, 0.5) is 5.82 Å². The molecule has 0 radical (unpaired) electrons. The second-order valence-electron chi connectivity index (χ2n) is 10.2. The van der Waals surface area contributed by atoms with Gasteiger partial charge in [-0.2, -0.15) is 0 Å². The summed E-state index contributed by atoms with van der Waals surface area (Å²) in [5, 5.41) is 10.8. The lowest BCUT2D eigenvalue weighted by Crippen LogP contribution is -2.27. The minimum Gasteiger partial charge on any atom is -0.504 e. The van der Waals surface area contributed by atoms with Crippen LogP contribution in [0.25, 0.3) is 11.1 Å². The fourth-order valence-electron chi connectivity index (χ4n) is 5.13. The number of aromatic nitrogens is 1. The highest BCUT2D eigenvalue weighted by Crippen LogP contribution is 2.38. The number of nitrogens with two attached hydrogens (primary N) is 1. The molecule has 0 amide bonds. The third kappa shape index (κ3) is 9.23. The van der Waals surface area contributed by atoms with E-state index in [1.807, 2.05) is 12.1 Å². The van der Waals surface area contributed by atoms with Crippen molar-refractivity contribution >= 4 is 17.8 Å². The van der Waals surface area contributed by atoms with Crippen LogP contribution in [-0.2, 0) is 25.5 Å². The Morgan fingerprint density at radius 1 is 1.05 bits per heavy atom. The molecule has 3 N–H and O–H groups in total. The molecule has 8 nitrogen and oxygen atoms in total. The summed E-state index contributed by atoms with van der Waals surface area (Å²) in [6.07, 6.45) is 10.5. The van der Waals surface area contributed by atoms with Crippen LogP contribution < -0.4 is 10.5 Å². The van der Waals surface area contributed by atoms with Gasteiger partial charge in [0.25, 0.3) is 0 Å². The van der Waals surface area contributed by atoms with Gasteiger partial charge in [0.15, 0.2) is 11.5 Å². The SMILES string of the molecule is CCCCCC(CC(CCc1cc(OC2CCCC2)c(O)cc1-c1ccnc(N)c1)OC(C)=O)OC(C)=O. The number of hydrogen-bond donors (Lipinski definition) is 2. The van der Waals surface area contributed by atoms with Crippen LogP contribution in [-0.4, -0.2) is 40.3 Å². The van der Waals surface area contributed by atoms with Gasteiger partial charge in [0.1, 0.15) is 18.0 Å². The summed E-state index contributed by atoms with van der Waals surface area (Å²) < 4.78 is 17.4. The molecule has 0 aliphatic heterocycles. The summed E-state index contributed by atoms with van der Waals surface area (Å²) in [6, 6.07) is 7.21. The zero-order valence-electron chi connectivity index (χ0n) is 22.9. The largest absolute Gasteiger partial charge is 0.504 e. The number of anilines is 1. The first kappa shape index (κ1) is 29.3. The number of nitrogens with zero attached hydrogens (tertiary/aromatic N) is 1. The van der Waals surface area contributed by atoms with Crippen LogP contribution in [0.15, 0.2) is 30.5 Å². The van der Waals surface area contributed by atoms with Crippen molar-refractivity contribution in [3.05, 3.63) is 36.0 Å². The third-order valence-electron chi connectivity index (χ3n) is 6.93. The first-order valence-corrected chi connectivity index (χ1v) is 13.8. The maximum atomic E-state index is 11.9. The predicted molar refractivity (Wildman–Crippen MR) is 147 cm³/mol. The Morgan fingerprint density at radius 3 is 2.37 bits per heavy atom. The molecule has 1 saturated carbocycles. The molecule has 2 aromatic rings. The highest BCUT2D eigenvalue weighted by Gasteiger charge is 2.24. The van der Waals surface area contributed by atoms with E-state index < -0.39 is 6.10 Å². The number of carbonyl (C=O) groups excluding carboxylic acids is 2. The van der Waals surface area contributed by atoms with Crippen LogP contribution in [0.5, 0.6) is 11.5 Å². The summed E-state index contributed by atoms with van der Waals surface area (Å²) >= 11 is 0. The normalized spacial score (nSPS) is 15.1. The van der Waals surface area contributed by atoms with Gasteiger partial charge in [-0.1, -0.05) is 19.8 Å². The predicted octanol–water partition coefficient (Wildman–Crippen LogP) is 6.12. The summed E-state index contributed by atoms with van der Waals surface area (Å²) in [5.41, 5.74) is 8.53. The van der Waals surface area contributed by atoms with Crippen LogP contribution >= 0.6 is 0 Å². The number of esters is 2. The topological polar surface area (TPSA) is 121 Å². The fraction of sp³-hybridized carbons (Fsp3) is 0.567. The van der Waals surface area contributed by atoms with Gasteiger partial charge in [0.05, 0.1) is 6.10 Å².